The van der Waals surface area contributed by atoms with E-state index in [2.05, 4.69) is 196 Å². The molecule has 0 radical (unpaired) electrons. The van der Waals surface area contributed by atoms with Crippen molar-refractivity contribution in [3.05, 3.63) is 384 Å². The summed E-state index contributed by atoms with van der Waals surface area (Å²) in [6.45, 7) is 9.31. The predicted molar refractivity (Wildman–Crippen MR) is 497 cm³/mol. The molecule has 0 atom stereocenters. The van der Waals surface area contributed by atoms with E-state index < -0.39 is 5.97 Å². The number of carboxylic acid groups (broad SMARTS) is 1. The minimum Gasteiger partial charge on any atom is -0.870 e. The van der Waals surface area contributed by atoms with E-state index in [1.807, 2.05) is 110 Å². The Morgan fingerprint density at radius 2 is 0.645 bits per heavy atom. The maximum atomic E-state index is 12.0. The Morgan fingerprint density at radius 3 is 1.02 bits per heavy atom. The van der Waals surface area contributed by atoms with Gasteiger partial charge in [-0.3, -0.25) is 24.9 Å². The Morgan fingerprint density at radius 1 is 0.347 bits per heavy atom. The molecule has 4 N–H and O–H groups in total. The van der Waals surface area contributed by atoms with Gasteiger partial charge in [0.1, 0.15) is 0 Å². The Balaban J connectivity index is 0.000000172. The number of hydrogen-bond donors (Lipinski definition) is 2. The van der Waals surface area contributed by atoms with Gasteiger partial charge in [0.05, 0.1) is 81.8 Å². The third-order valence-electron chi connectivity index (χ3n) is 20.7. The molecule has 2 aliphatic carbocycles. The average molecular weight is 1800 g/mol. The molecule has 5 heterocycles. The number of nitrogens with zero attached hydrogens (tertiary/aromatic N) is 5. The van der Waals surface area contributed by atoms with E-state index in [1.165, 1.54) is 99.3 Å². The monoisotopic (exact) mass is 1790 g/mol. The number of fused-ring (bicyclic) bond motifs is 5. The molecule has 20 heteroatoms. The van der Waals surface area contributed by atoms with E-state index in [-0.39, 0.29) is 71.9 Å². The van der Waals surface area contributed by atoms with Crippen LogP contribution in [-0.4, -0.2) is 91.8 Å². The zero-order valence-corrected chi connectivity index (χ0v) is 75.1. The van der Waals surface area contributed by atoms with Gasteiger partial charge in [-0.25, -0.2) is 24.0 Å². The van der Waals surface area contributed by atoms with Gasteiger partial charge in [0.2, 0.25) is 0 Å². The third-order valence-corrected chi connectivity index (χ3v) is 22.1. The van der Waals surface area contributed by atoms with Crippen molar-refractivity contribution in [1.29, 1.82) is 0 Å². The van der Waals surface area contributed by atoms with Gasteiger partial charge in [-0.05, 0) is 242 Å². The van der Waals surface area contributed by atoms with Crippen molar-refractivity contribution in [3.8, 4) is 0 Å². The fourth-order valence-corrected chi connectivity index (χ4v) is 15.2. The molecule has 0 aliphatic heterocycles. The Bertz CT molecular complexity index is 6030. The predicted octanol–water partition coefficient (Wildman–Crippen LogP) is 20.6. The maximum Gasteiger partial charge on any atom is 1.00 e. The summed E-state index contributed by atoms with van der Waals surface area (Å²) >= 11 is 7.04. The van der Waals surface area contributed by atoms with Crippen molar-refractivity contribution in [2.45, 2.75) is 131 Å². The van der Waals surface area contributed by atoms with Crippen LogP contribution in [0.5, 0.6) is 0 Å². The minimum atomic E-state index is -0.925. The van der Waals surface area contributed by atoms with E-state index in [1.54, 1.807) is 51.5 Å². The van der Waals surface area contributed by atoms with Crippen molar-refractivity contribution in [3.63, 3.8) is 0 Å². The number of benzene rings is 10. The topological polar surface area (TPSA) is 263 Å². The number of esters is 4. The van der Waals surface area contributed by atoms with E-state index in [0.29, 0.717) is 67.1 Å². The maximum absolute atomic E-state index is 12.0. The number of rotatable bonds is 24. The quantitative estimate of drug-likeness (QED) is 0.0323. The van der Waals surface area contributed by atoms with Crippen LogP contribution in [0.2, 0.25) is 0 Å². The summed E-state index contributed by atoms with van der Waals surface area (Å²) < 4.78 is 22.0. The number of ether oxygens (including phenoxy) is 4. The molecule has 17 rings (SSSR count). The smallest absolute Gasteiger partial charge is 0.870 e. The second kappa shape index (κ2) is 49.1. The Hall–Kier alpha value is -11.5. The summed E-state index contributed by atoms with van der Waals surface area (Å²) in [7, 11) is 0. The van der Waals surface area contributed by atoms with Crippen molar-refractivity contribution in [1.82, 2.24) is 24.9 Å². The number of aromatic nitrogens is 5. The van der Waals surface area contributed by atoms with Crippen molar-refractivity contribution in [2.75, 3.05) is 26.4 Å². The van der Waals surface area contributed by atoms with Crippen LogP contribution in [0.4, 0.5) is 0 Å². The van der Waals surface area contributed by atoms with E-state index >= 15 is 0 Å². The number of halogens is 2. The number of aromatic carboxylic acids is 1. The van der Waals surface area contributed by atoms with Gasteiger partial charge in [-0.2, -0.15) is 0 Å². The first kappa shape index (κ1) is 96.3. The van der Waals surface area contributed by atoms with Crippen LogP contribution in [-0.2, 0) is 76.9 Å². The van der Waals surface area contributed by atoms with Crippen molar-refractivity contribution in [2.24, 2.45) is 5.73 Å². The normalized spacial score (nSPS) is 11.6. The molecule has 0 spiro atoms. The minimum absolute atomic E-state index is 0. The van der Waals surface area contributed by atoms with Crippen LogP contribution >= 0.6 is 31.9 Å². The van der Waals surface area contributed by atoms with Crippen LogP contribution in [0.3, 0.4) is 0 Å². The average Bonchev–Trinajstić information content (AvgIpc) is 1.59. The SMILES string of the molecule is C.CCOC(=O)c1cnc2c(Br)c(CCc3ccccc3)ccc2c1.CCOC(=O)c1cnc2c(C3CC3)c(CCc3ccccc3)ccc2c1.CCOC(=O)c1cnc2cc(Br)ccc2c1.CCOC(=O)c1cnc2cc(CCc3ccccc3)ccc2c1.NCc1ccccc1.O=C(O)c1cnc2c(C3CC3)c(CCc3ccccc3)ccc2c1.[Na+].[OH-]. The molecule has 2 aliphatic rings. The van der Waals surface area contributed by atoms with Crippen molar-refractivity contribution < 1.29 is 83.1 Å². The molecular formula is C104H103Br2N6NaO11. The van der Waals surface area contributed by atoms with Gasteiger partial charge in [0, 0.05) is 73.4 Å². The summed E-state index contributed by atoms with van der Waals surface area (Å²) in [6, 6.07) is 85.6. The molecular weight excluding hydrogens is 1690 g/mol. The van der Waals surface area contributed by atoms with Gasteiger partial charge in [0.25, 0.3) is 0 Å². The van der Waals surface area contributed by atoms with Gasteiger partial charge in [0.15, 0.2) is 0 Å². The largest absolute Gasteiger partial charge is 1.00 e. The first-order chi connectivity index (χ1) is 59.1. The van der Waals surface area contributed by atoms with Crippen LogP contribution in [0.15, 0.2) is 295 Å². The second-order valence-electron chi connectivity index (χ2n) is 29.4. The molecule has 630 valence electrons. The molecule has 0 amide bonds. The van der Waals surface area contributed by atoms with Gasteiger partial charge >= 0.3 is 59.4 Å². The number of carbonyl (C=O) groups is 5. The molecule has 0 unspecified atom stereocenters. The van der Waals surface area contributed by atoms with Gasteiger partial charge in [-0.15, -0.1) is 0 Å². The summed E-state index contributed by atoms with van der Waals surface area (Å²) in [5.74, 6) is -1.02. The summed E-state index contributed by atoms with van der Waals surface area (Å²) in [5, 5.41) is 13.9. The van der Waals surface area contributed by atoms with Crippen LogP contribution in [0.25, 0.3) is 54.5 Å². The zero-order valence-electron chi connectivity index (χ0n) is 69.9. The Labute approximate surface area is 764 Å². The standard InChI is InChI=1S/C23H23NO2.C21H19NO2.C20H18BrNO2.C20H19NO2.C12H10BrNO2.C7H9N.CH4.Na.H2O/c1-2-26-23(25)20-14-19-13-12-17(9-8-16-6-4-3-5-7-16)21(18-10-11-18)22(19)24-15-20;23-21(24)18-12-17-11-10-15(7-6-14-4-2-1-3-5-14)19(16-8-9-16)20(17)22-13-18;1-2-24-20(23)17-12-16-11-10-15(18(21)19(16)22-13-17)9-8-14-6-4-3-5-7-14;1-2-23-20(22)18-13-17-11-10-16(12-19(17)21-14-18)9-8-15-6-4-3-5-7-15;1-2-16-12(15)9-5-8-3-4-10(13)6-11(8)14-7-9;8-6-7-4-2-1-3-5-7;;;/h3-7,12-15,18H,2,8-11H2,1H3;1-5,10-13,16H,6-9H2,(H,23,24);3-7,10-13H,2,8-9H2,1H3;3-7,10-14H,2,8-9H2,1H3;3-7H,2H2,1H3;1-5H,6,8H2;1H4;;1H2/q;;;;;;;+1;/p-1. The first-order valence-corrected chi connectivity index (χ1v) is 42.8. The van der Waals surface area contributed by atoms with E-state index in [0.717, 1.165) is 115 Å². The van der Waals surface area contributed by atoms with Crippen molar-refractivity contribution >= 4 is 116 Å². The molecule has 124 heavy (non-hydrogen) atoms. The number of carbonyl (C=O) groups excluding carboxylic acids is 4. The number of pyridine rings is 5. The molecule has 17 nitrogen and oxygen atoms in total. The van der Waals surface area contributed by atoms with Gasteiger partial charge < -0.3 is 35.3 Å². The first-order valence-electron chi connectivity index (χ1n) is 41.2. The van der Waals surface area contributed by atoms with Gasteiger partial charge in [-0.1, -0.05) is 230 Å². The Kier molecular flexibility index (Phi) is 38.1. The van der Waals surface area contributed by atoms with Crippen LogP contribution < -0.4 is 35.3 Å². The van der Waals surface area contributed by atoms with E-state index in [9.17, 15) is 24.0 Å². The summed E-state index contributed by atoms with van der Waals surface area (Å²) in [6.07, 6.45) is 20.7. The molecule has 10 aromatic carbocycles. The molecule has 0 bridgehead atoms. The molecule has 2 saturated carbocycles. The number of hydrogen-bond acceptors (Lipinski definition) is 16. The fraction of sp³-hybridized carbons (Fsp3) is 0.231. The molecule has 0 saturated heterocycles. The molecule has 5 aromatic heterocycles. The second-order valence-corrected chi connectivity index (χ2v) is 31.1. The van der Waals surface area contributed by atoms with Crippen LogP contribution in [0, 0.1) is 0 Å². The number of aryl methyl sites for hydroxylation is 8. The molecule has 15 aromatic rings. The summed E-state index contributed by atoms with van der Waals surface area (Å²) in [5.41, 5.74) is 26.7. The van der Waals surface area contributed by atoms with E-state index in [4.69, 9.17) is 29.8 Å². The zero-order chi connectivity index (χ0) is 84.8. The fourth-order valence-electron chi connectivity index (χ4n) is 14.2. The van der Waals surface area contributed by atoms with Crippen LogP contribution in [0.1, 0.15) is 186 Å². The molecule has 2 fully saturated rings. The third kappa shape index (κ3) is 27.7. The number of nitrogens with two attached hydrogens (primary N) is 1. The number of carboxylic acids is 1. The summed E-state index contributed by atoms with van der Waals surface area (Å²) in [4.78, 5) is 80.4.